The Morgan fingerprint density at radius 3 is 1.60 bits per heavy atom. The molecule has 0 heterocycles. The number of unbranched alkanes of at least 4 members (excludes halogenated alkanes) is 12. The fourth-order valence-corrected chi connectivity index (χ4v) is 3.39. The fraction of sp³-hybridized carbons (Fsp3) is 0.913. The van der Waals surface area contributed by atoms with Crippen molar-refractivity contribution in [2.75, 3.05) is 27.2 Å². The molecule has 0 amide bonds. The first-order valence-electron chi connectivity index (χ1n) is 11.4. The maximum Gasteiger partial charge on any atom is 0.0955 e. The number of hydrogen-bond acceptors (Lipinski definition) is 1. The molecule has 0 radical (unpaired) electrons. The second-order valence-electron chi connectivity index (χ2n) is 8.25. The van der Waals surface area contributed by atoms with Crippen molar-refractivity contribution in [1.82, 2.24) is 5.43 Å². The summed E-state index contributed by atoms with van der Waals surface area (Å²) in [5, 5.41) is 0. The highest BCUT2D eigenvalue weighted by molar-refractivity contribution is 4.81. The van der Waals surface area contributed by atoms with Crippen molar-refractivity contribution in [2.24, 2.45) is 0 Å². The minimum atomic E-state index is 0.960. The van der Waals surface area contributed by atoms with Gasteiger partial charge in [0.05, 0.1) is 20.6 Å². The molecule has 0 aliphatic carbocycles. The molecule has 0 fully saturated rings. The van der Waals surface area contributed by atoms with Crippen LogP contribution >= 0.6 is 0 Å². The standard InChI is InChI=1S/C23H49N2/c1-5-7-8-9-10-11-12-13-14-15-16-17-18-19-20-21-22-24-25(3,4)23-6-2/h13-14,24H,5-12,15-23H2,1-4H3/q+1/b14-13-. The number of rotatable bonds is 19. The van der Waals surface area contributed by atoms with Crippen LogP contribution in [0.3, 0.4) is 0 Å². The monoisotopic (exact) mass is 353 g/mol. The van der Waals surface area contributed by atoms with E-state index in [4.69, 9.17) is 0 Å². The first-order chi connectivity index (χ1) is 12.1. The lowest BCUT2D eigenvalue weighted by Gasteiger charge is -2.29. The molecule has 0 atom stereocenters. The highest BCUT2D eigenvalue weighted by atomic mass is 15.6. The maximum atomic E-state index is 3.64. The average molecular weight is 354 g/mol. The number of nitrogens with one attached hydrogen (secondary N) is 1. The minimum Gasteiger partial charge on any atom is -0.251 e. The van der Waals surface area contributed by atoms with Crippen LogP contribution in [-0.2, 0) is 0 Å². The van der Waals surface area contributed by atoms with Crippen molar-refractivity contribution >= 4 is 0 Å². The van der Waals surface area contributed by atoms with Crippen LogP contribution in [-0.4, -0.2) is 31.8 Å². The summed E-state index contributed by atoms with van der Waals surface area (Å²) in [4.78, 5) is 0. The predicted octanol–water partition coefficient (Wildman–Crippen LogP) is 7.01. The number of quaternary nitrogens is 1. The van der Waals surface area contributed by atoms with Crippen molar-refractivity contribution in [2.45, 2.75) is 110 Å². The van der Waals surface area contributed by atoms with Crippen LogP contribution in [0.5, 0.6) is 0 Å². The Morgan fingerprint density at radius 1 is 0.600 bits per heavy atom. The van der Waals surface area contributed by atoms with Crippen LogP contribution in [0, 0.1) is 0 Å². The highest BCUT2D eigenvalue weighted by Crippen LogP contribution is 2.10. The summed E-state index contributed by atoms with van der Waals surface area (Å²) in [5.41, 5.74) is 3.64. The molecular formula is C23H49N2+. The van der Waals surface area contributed by atoms with Gasteiger partial charge in [0.1, 0.15) is 0 Å². The molecule has 0 unspecified atom stereocenters. The van der Waals surface area contributed by atoms with E-state index in [2.05, 4.69) is 45.5 Å². The molecular weight excluding hydrogens is 304 g/mol. The van der Waals surface area contributed by atoms with Gasteiger partial charge in [-0.15, -0.1) is 0 Å². The van der Waals surface area contributed by atoms with Gasteiger partial charge in [0.2, 0.25) is 0 Å². The van der Waals surface area contributed by atoms with Gasteiger partial charge in [0.15, 0.2) is 0 Å². The predicted molar refractivity (Wildman–Crippen MR) is 115 cm³/mol. The zero-order valence-electron chi connectivity index (χ0n) is 18.1. The van der Waals surface area contributed by atoms with E-state index in [1.54, 1.807) is 0 Å². The van der Waals surface area contributed by atoms with Gasteiger partial charge in [-0.05, 0) is 38.5 Å². The Balaban J connectivity index is 3.19. The second kappa shape index (κ2) is 18.5. The Kier molecular flexibility index (Phi) is 18.2. The first kappa shape index (κ1) is 24.7. The molecule has 1 N–H and O–H groups in total. The average Bonchev–Trinajstić information content (AvgIpc) is 2.57. The highest BCUT2D eigenvalue weighted by Gasteiger charge is 2.11. The Bertz CT molecular complexity index is 284. The zero-order chi connectivity index (χ0) is 18.6. The van der Waals surface area contributed by atoms with Crippen LogP contribution in [0.25, 0.3) is 0 Å². The Hall–Kier alpha value is -0.340. The van der Waals surface area contributed by atoms with E-state index >= 15 is 0 Å². The summed E-state index contributed by atoms with van der Waals surface area (Å²) in [7, 11) is 4.53. The van der Waals surface area contributed by atoms with Gasteiger partial charge in [-0.1, -0.05) is 83.8 Å². The molecule has 0 spiro atoms. The minimum absolute atomic E-state index is 0.960. The van der Waals surface area contributed by atoms with E-state index < -0.39 is 0 Å². The molecule has 0 saturated carbocycles. The summed E-state index contributed by atoms with van der Waals surface area (Å²) < 4.78 is 0.960. The molecule has 0 rings (SSSR count). The van der Waals surface area contributed by atoms with Crippen LogP contribution in [0.2, 0.25) is 0 Å². The SMILES string of the molecule is CCCCCCCC/C=C\CCCCCCCCN[N+](C)(C)CCC. The molecule has 25 heavy (non-hydrogen) atoms. The van der Waals surface area contributed by atoms with E-state index in [0.717, 1.165) is 11.1 Å². The van der Waals surface area contributed by atoms with Gasteiger partial charge in [-0.3, -0.25) is 4.59 Å². The van der Waals surface area contributed by atoms with Gasteiger partial charge in [-0.25, -0.2) is 0 Å². The lowest BCUT2D eigenvalue weighted by atomic mass is 10.1. The maximum absolute atomic E-state index is 3.64. The molecule has 2 heteroatoms. The van der Waals surface area contributed by atoms with Crippen LogP contribution < -0.4 is 5.43 Å². The Labute approximate surface area is 160 Å². The third kappa shape index (κ3) is 19.8. The smallest absolute Gasteiger partial charge is 0.0955 e. The summed E-state index contributed by atoms with van der Waals surface area (Å²) >= 11 is 0. The van der Waals surface area contributed by atoms with Crippen molar-refractivity contribution in [3.63, 3.8) is 0 Å². The normalized spacial score (nSPS) is 12.3. The molecule has 0 bridgehead atoms. The van der Waals surface area contributed by atoms with Gasteiger partial charge in [0, 0.05) is 6.54 Å². The zero-order valence-corrected chi connectivity index (χ0v) is 18.1. The van der Waals surface area contributed by atoms with E-state index in [1.807, 2.05) is 0 Å². The van der Waals surface area contributed by atoms with Gasteiger partial charge in [-0.2, -0.15) is 5.43 Å². The number of nitrogens with zero attached hydrogens (tertiary/aromatic N) is 1. The summed E-state index contributed by atoms with van der Waals surface area (Å²) in [6.45, 7) is 6.92. The second-order valence-corrected chi connectivity index (χ2v) is 8.25. The van der Waals surface area contributed by atoms with Crippen molar-refractivity contribution < 1.29 is 4.59 Å². The molecule has 2 nitrogen and oxygen atoms in total. The Morgan fingerprint density at radius 2 is 1.08 bits per heavy atom. The van der Waals surface area contributed by atoms with Gasteiger partial charge in [0.25, 0.3) is 0 Å². The molecule has 0 aromatic rings. The largest absolute Gasteiger partial charge is 0.251 e. The lowest BCUT2D eigenvalue weighted by Crippen LogP contribution is -2.52. The lowest BCUT2D eigenvalue weighted by molar-refractivity contribution is -0.934. The molecule has 0 saturated heterocycles. The summed E-state index contributed by atoms with van der Waals surface area (Å²) in [6, 6.07) is 0. The van der Waals surface area contributed by atoms with Gasteiger partial charge < -0.3 is 0 Å². The number of allylic oxidation sites excluding steroid dienone is 2. The molecule has 0 aromatic heterocycles. The van der Waals surface area contributed by atoms with E-state index in [-0.39, 0.29) is 0 Å². The fourth-order valence-electron chi connectivity index (χ4n) is 3.39. The summed E-state index contributed by atoms with van der Waals surface area (Å²) in [5.74, 6) is 0. The summed E-state index contributed by atoms with van der Waals surface area (Å²) in [6.07, 6.45) is 25.5. The van der Waals surface area contributed by atoms with Crippen molar-refractivity contribution in [3.05, 3.63) is 12.2 Å². The van der Waals surface area contributed by atoms with Crippen LogP contribution in [0.15, 0.2) is 12.2 Å². The van der Waals surface area contributed by atoms with Crippen molar-refractivity contribution in [3.8, 4) is 0 Å². The van der Waals surface area contributed by atoms with Gasteiger partial charge >= 0.3 is 0 Å². The number of hydrogen-bond donors (Lipinski definition) is 1. The molecule has 0 aliphatic heterocycles. The van der Waals surface area contributed by atoms with E-state index in [9.17, 15) is 0 Å². The van der Waals surface area contributed by atoms with E-state index in [1.165, 1.54) is 103 Å². The topological polar surface area (TPSA) is 12.0 Å². The van der Waals surface area contributed by atoms with Crippen molar-refractivity contribution in [1.29, 1.82) is 0 Å². The van der Waals surface area contributed by atoms with Crippen LogP contribution in [0.4, 0.5) is 0 Å². The third-order valence-corrected chi connectivity index (χ3v) is 5.01. The first-order valence-corrected chi connectivity index (χ1v) is 11.4. The molecule has 0 aliphatic rings. The molecule has 0 aromatic carbocycles. The third-order valence-electron chi connectivity index (χ3n) is 5.01. The molecule has 150 valence electrons. The van der Waals surface area contributed by atoms with E-state index in [0.29, 0.717) is 0 Å². The quantitative estimate of drug-likeness (QED) is 0.114. The van der Waals surface area contributed by atoms with Crippen LogP contribution in [0.1, 0.15) is 110 Å².